The number of nitrogens with zero attached hydrogens (tertiary/aromatic N) is 5. The van der Waals surface area contributed by atoms with E-state index in [-0.39, 0.29) is 23.7 Å². The van der Waals surface area contributed by atoms with Crippen LogP contribution >= 0.6 is 0 Å². The fraction of sp³-hybridized carbons (Fsp3) is 0.455. The lowest BCUT2D eigenvalue weighted by Crippen LogP contribution is -2.66. The zero-order valence-electron chi connectivity index (χ0n) is 19.3. The predicted octanol–water partition coefficient (Wildman–Crippen LogP) is 3.64. The standard InChI is InChI=1S/C22H22F5N5O3S/c1-30-15-9-16(31-6-7-32(36(2,34)35)21(11-31)4-3-5-21)28-10-13(15)19(29-30)12-8-14(22(25,26)27)18(24)20(33)17(12)23/h8-10,33H,3-7,11H2,1-2H3. The number of piperazine rings is 1. The molecule has 1 aliphatic carbocycles. The molecular formula is C22H22F5N5O3S. The van der Waals surface area contributed by atoms with Crippen LogP contribution in [0.1, 0.15) is 24.8 Å². The Kier molecular flexibility index (Phi) is 5.49. The fourth-order valence-corrected chi connectivity index (χ4v) is 6.54. The Balaban J connectivity index is 1.56. The summed E-state index contributed by atoms with van der Waals surface area (Å²) in [7, 11) is -1.87. The van der Waals surface area contributed by atoms with Crippen LogP contribution in [0.5, 0.6) is 5.75 Å². The van der Waals surface area contributed by atoms with Gasteiger partial charge in [0.2, 0.25) is 10.0 Å². The van der Waals surface area contributed by atoms with E-state index in [9.17, 15) is 35.5 Å². The monoisotopic (exact) mass is 531 g/mol. The Bertz CT molecular complexity index is 1480. The van der Waals surface area contributed by atoms with Gasteiger partial charge in [0.25, 0.3) is 0 Å². The second kappa shape index (κ2) is 8.00. The van der Waals surface area contributed by atoms with Gasteiger partial charge < -0.3 is 10.0 Å². The number of aromatic nitrogens is 3. The molecule has 1 spiro atoms. The van der Waals surface area contributed by atoms with Gasteiger partial charge >= 0.3 is 6.18 Å². The van der Waals surface area contributed by atoms with Crippen molar-refractivity contribution in [3.63, 3.8) is 0 Å². The van der Waals surface area contributed by atoms with E-state index < -0.39 is 50.2 Å². The zero-order valence-corrected chi connectivity index (χ0v) is 20.1. The number of pyridine rings is 1. The molecule has 1 aromatic carbocycles. The summed E-state index contributed by atoms with van der Waals surface area (Å²) in [6.07, 6.45) is -0.274. The summed E-state index contributed by atoms with van der Waals surface area (Å²) in [4.78, 5) is 6.35. The first-order valence-corrected chi connectivity index (χ1v) is 12.9. The summed E-state index contributed by atoms with van der Waals surface area (Å²) in [5, 5.41) is 14.0. The number of rotatable bonds is 3. The summed E-state index contributed by atoms with van der Waals surface area (Å²) in [5.41, 5.74) is -2.85. The first-order chi connectivity index (χ1) is 16.7. The largest absolute Gasteiger partial charge is 0.503 e. The van der Waals surface area contributed by atoms with Crippen molar-refractivity contribution in [2.45, 2.75) is 31.0 Å². The predicted molar refractivity (Wildman–Crippen MR) is 121 cm³/mol. The summed E-state index contributed by atoms with van der Waals surface area (Å²) in [5.74, 6) is -4.89. The van der Waals surface area contributed by atoms with E-state index in [1.165, 1.54) is 24.2 Å². The molecule has 0 amide bonds. The third-order valence-corrected chi connectivity index (χ3v) is 8.43. The van der Waals surface area contributed by atoms with Gasteiger partial charge in [0.05, 0.1) is 22.9 Å². The molecule has 0 bridgehead atoms. The fourth-order valence-electron chi connectivity index (χ4n) is 5.18. The van der Waals surface area contributed by atoms with Gasteiger partial charge in [-0.25, -0.2) is 22.2 Å². The van der Waals surface area contributed by atoms with Gasteiger partial charge in [-0.3, -0.25) is 4.68 Å². The summed E-state index contributed by atoms with van der Waals surface area (Å²) in [6.45, 7) is 1.10. The number of phenolic OH excluding ortho intramolecular Hbond substituents is 1. The number of aromatic hydroxyl groups is 1. The molecule has 194 valence electrons. The zero-order chi connectivity index (χ0) is 26.2. The van der Waals surface area contributed by atoms with Crippen molar-refractivity contribution in [1.29, 1.82) is 0 Å². The van der Waals surface area contributed by atoms with Crippen LogP contribution in [0.15, 0.2) is 18.3 Å². The number of aryl methyl sites for hydroxylation is 1. The second-order valence-corrected chi connectivity index (χ2v) is 11.2. The van der Waals surface area contributed by atoms with Gasteiger partial charge in [-0.2, -0.15) is 22.6 Å². The van der Waals surface area contributed by atoms with Gasteiger partial charge in [0, 0.05) is 49.9 Å². The number of benzene rings is 1. The summed E-state index contributed by atoms with van der Waals surface area (Å²) < 4.78 is 95.9. The Morgan fingerprint density at radius 3 is 2.39 bits per heavy atom. The number of phenols is 1. The highest BCUT2D eigenvalue weighted by Gasteiger charge is 2.50. The average Bonchev–Trinajstić information content (AvgIpc) is 3.10. The maximum atomic E-state index is 14.7. The highest BCUT2D eigenvalue weighted by molar-refractivity contribution is 7.88. The maximum Gasteiger partial charge on any atom is 0.419 e. The lowest BCUT2D eigenvalue weighted by atomic mass is 9.75. The lowest BCUT2D eigenvalue weighted by Gasteiger charge is -2.54. The van der Waals surface area contributed by atoms with Gasteiger partial charge in [-0.1, -0.05) is 0 Å². The second-order valence-electron chi connectivity index (χ2n) is 9.31. The molecule has 2 aromatic heterocycles. The Hall–Kier alpha value is -3.00. The third-order valence-electron chi connectivity index (χ3n) is 7.06. The number of sulfonamides is 1. The minimum absolute atomic E-state index is 0.201. The number of fused-ring (bicyclic) bond motifs is 1. The molecule has 5 rings (SSSR count). The number of hydrogen-bond acceptors (Lipinski definition) is 6. The number of anilines is 1. The van der Waals surface area contributed by atoms with E-state index in [1.807, 2.05) is 4.90 Å². The van der Waals surface area contributed by atoms with Crippen molar-refractivity contribution in [3.05, 3.63) is 35.5 Å². The molecule has 1 saturated carbocycles. The van der Waals surface area contributed by atoms with E-state index in [0.717, 1.165) is 19.3 Å². The quantitative estimate of drug-likeness (QED) is 0.519. The summed E-state index contributed by atoms with van der Waals surface area (Å²) in [6, 6.07) is 1.92. The van der Waals surface area contributed by atoms with Crippen LogP contribution in [-0.2, 0) is 23.2 Å². The average molecular weight is 532 g/mol. The lowest BCUT2D eigenvalue weighted by molar-refractivity contribution is -0.140. The molecule has 0 atom stereocenters. The van der Waals surface area contributed by atoms with E-state index >= 15 is 0 Å². The van der Waals surface area contributed by atoms with Crippen molar-refractivity contribution in [1.82, 2.24) is 19.1 Å². The van der Waals surface area contributed by atoms with Crippen LogP contribution in [0.3, 0.4) is 0 Å². The molecular weight excluding hydrogens is 509 g/mol. The molecule has 1 aliphatic heterocycles. The van der Waals surface area contributed by atoms with Gasteiger partial charge in [-0.05, 0) is 25.3 Å². The number of hydrogen-bond donors (Lipinski definition) is 1. The van der Waals surface area contributed by atoms with Gasteiger partial charge in [-0.15, -0.1) is 0 Å². The molecule has 3 aromatic rings. The summed E-state index contributed by atoms with van der Waals surface area (Å²) >= 11 is 0. The number of halogens is 5. The van der Waals surface area contributed by atoms with E-state index in [2.05, 4.69) is 10.1 Å². The minimum Gasteiger partial charge on any atom is -0.503 e. The molecule has 2 aliphatic rings. The van der Waals surface area contributed by atoms with E-state index in [4.69, 9.17) is 0 Å². The Morgan fingerprint density at radius 2 is 1.81 bits per heavy atom. The van der Waals surface area contributed by atoms with Crippen LogP contribution < -0.4 is 4.90 Å². The smallest absolute Gasteiger partial charge is 0.419 e. The van der Waals surface area contributed by atoms with Crippen LogP contribution in [0.2, 0.25) is 0 Å². The van der Waals surface area contributed by atoms with Crippen LogP contribution in [-0.4, -0.2) is 64.0 Å². The van der Waals surface area contributed by atoms with Crippen molar-refractivity contribution in [2.24, 2.45) is 7.05 Å². The van der Waals surface area contributed by atoms with E-state index in [0.29, 0.717) is 24.4 Å². The highest BCUT2D eigenvalue weighted by Crippen LogP contribution is 2.44. The van der Waals surface area contributed by atoms with Crippen LogP contribution in [0.4, 0.5) is 27.8 Å². The minimum atomic E-state index is -5.16. The topological polar surface area (TPSA) is 91.6 Å². The van der Waals surface area contributed by atoms with Crippen LogP contribution in [0.25, 0.3) is 22.2 Å². The van der Waals surface area contributed by atoms with Crippen molar-refractivity contribution in [3.8, 4) is 17.0 Å². The molecule has 2 fully saturated rings. The van der Waals surface area contributed by atoms with Crippen molar-refractivity contribution in [2.75, 3.05) is 30.8 Å². The Labute approximate surface area is 203 Å². The number of alkyl halides is 3. The molecule has 14 heteroatoms. The molecule has 36 heavy (non-hydrogen) atoms. The molecule has 1 N–H and O–H groups in total. The maximum absolute atomic E-state index is 14.7. The molecule has 8 nitrogen and oxygen atoms in total. The molecule has 0 radical (unpaired) electrons. The SMILES string of the molecule is Cn1nc(-c2cc(C(F)(F)F)c(F)c(O)c2F)c2cnc(N3CCN(S(C)(=O)=O)C4(CCC4)C3)cc21. The van der Waals surface area contributed by atoms with Gasteiger partial charge in [0.1, 0.15) is 11.5 Å². The van der Waals surface area contributed by atoms with Crippen molar-refractivity contribution < 1.29 is 35.5 Å². The molecule has 1 saturated heterocycles. The molecule has 0 unspecified atom stereocenters. The van der Waals surface area contributed by atoms with Crippen molar-refractivity contribution >= 4 is 26.7 Å². The first-order valence-electron chi connectivity index (χ1n) is 11.1. The third kappa shape index (κ3) is 3.77. The van der Waals surface area contributed by atoms with E-state index in [1.54, 1.807) is 10.4 Å². The first kappa shape index (κ1) is 24.7. The van der Waals surface area contributed by atoms with Gasteiger partial charge in [0.15, 0.2) is 17.4 Å². The normalized spacial score (nSPS) is 18.7. The Morgan fingerprint density at radius 1 is 1.11 bits per heavy atom. The molecule has 3 heterocycles. The van der Waals surface area contributed by atoms with Crippen LogP contribution in [0, 0.1) is 11.6 Å². The highest BCUT2D eigenvalue weighted by atomic mass is 32.2.